The van der Waals surface area contributed by atoms with E-state index in [1.807, 2.05) is 0 Å². The van der Waals surface area contributed by atoms with Crippen molar-refractivity contribution in [2.75, 3.05) is 39.2 Å². The highest BCUT2D eigenvalue weighted by atomic mass is 35.5. The number of rotatable bonds is 8. The Morgan fingerprint density at radius 1 is 1.35 bits per heavy atom. The van der Waals surface area contributed by atoms with E-state index in [4.69, 9.17) is 25.8 Å². The van der Waals surface area contributed by atoms with E-state index in [0.717, 1.165) is 25.1 Å². The van der Waals surface area contributed by atoms with E-state index in [0.29, 0.717) is 36.0 Å². The van der Waals surface area contributed by atoms with Crippen LogP contribution in [-0.2, 0) is 9.53 Å². The molecule has 1 heterocycles. The monoisotopic (exact) mass is 342 g/mol. The van der Waals surface area contributed by atoms with Crippen LogP contribution in [-0.4, -0.2) is 45.9 Å². The van der Waals surface area contributed by atoms with Crippen molar-refractivity contribution >= 4 is 23.2 Å². The molecule has 0 spiro atoms. The third-order valence-electron chi connectivity index (χ3n) is 3.69. The Bertz CT molecular complexity index is 533. The summed E-state index contributed by atoms with van der Waals surface area (Å²) in [4.78, 5) is 11.8. The zero-order chi connectivity index (χ0) is 16.7. The van der Waals surface area contributed by atoms with E-state index in [-0.39, 0.29) is 12.0 Å². The number of hydrogen-bond acceptors (Lipinski definition) is 5. The lowest BCUT2D eigenvalue weighted by atomic mass is 10.2. The van der Waals surface area contributed by atoms with Crippen LogP contribution in [0.5, 0.6) is 11.5 Å². The van der Waals surface area contributed by atoms with E-state index in [9.17, 15) is 4.79 Å². The Labute approximate surface area is 141 Å². The van der Waals surface area contributed by atoms with Gasteiger partial charge in [0, 0.05) is 38.2 Å². The van der Waals surface area contributed by atoms with Crippen LogP contribution in [0.15, 0.2) is 12.1 Å². The second kappa shape index (κ2) is 8.84. The van der Waals surface area contributed by atoms with Gasteiger partial charge in [0.05, 0.1) is 31.0 Å². The third kappa shape index (κ3) is 5.18. The molecule has 0 radical (unpaired) electrons. The molecule has 1 atom stereocenters. The topological polar surface area (TPSA) is 68.8 Å². The van der Waals surface area contributed by atoms with Crippen LogP contribution < -0.4 is 20.1 Å². The van der Waals surface area contributed by atoms with Crippen LogP contribution in [0.1, 0.15) is 19.3 Å². The molecule has 1 unspecified atom stereocenters. The summed E-state index contributed by atoms with van der Waals surface area (Å²) in [6, 6.07) is 3.44. The van der Waals surface area contributed by atoms with Gasteiger partial charge in [-0.1, -0.05) is 11.6 Å². The summed E-state index contributed by atoms with van der Waals surface area (Å²) in [6.07, 6.45) is 2.61. The molecule has 1 aliphatic heterocycles. The van der Waals surface area contributed by atoms with E-state index in [1.165, 1.54) is 0 Å². The van der Waals surface area contributed by atoms with Gasteiger partial charge < -0.3 is 24.8 Å². The van der Waals surface area contributed by atoms with E-state index < -0.39 is 0 Å². The molecular weight excluding hydrogens is 320 g/mol. The molecule has 6 nitrogen and oxygen atoms in total. The Morgan fingerprint density at radius 2 is 2.13 bits per heavy atom. The van der Waals surface area contributed by atoms with Crippen molar-refractivity contribution in [3.8, 4) is 11.5 Å². The Balaban J connectivity index is 1.79. The average molecular weight is 343 g/mol. The number of carbonyl (C=O) groups excluding carboxylic acids is 1. The second-order valence-electron chi connectivity index (χ2n) is 5.30. The van der Waals surface area contributed by atoms with Gasteiger partial charge in [0.15, 0.2) is 0 Å². The van der Waals surface area contributed by atoms with Crippen LogP contribution in [0.3, 0.4) is 0 Å². The van der Waals surface area contributed by atoms with Gasteiger partial charge in [-0.15, -0.1) is 0 Å². The quantitative estimate of drug-likeness (QED) is 0.759. The Hall–Kier alpha value is -1.66. The molecule has 23 heavy (non-hydrogen) atoms. The van der Waals surface area contributed by atoms with Crippen molar-refractivity contribution < 1.29 is 19.0 Å². The summed E-state index contributed by atoms with van der Waals surface area (Å²) in [6.45, 7) is 1.86. The van der Waals surface area contributed by atoms with Gasteiger partial charge in [-0.2, -0.15) is 0 Å². The Kier molecular flexibility index (Phi) is 6.80. The number of amides is 1. The maximum Gasteiger partial charge on any atom is 0.221 e. The minimum atomic E-state index is -0.00658. The first-order chi connectivity index (χ1) is 11.1. The number of hydrogen-bond donors (Lipinski definition) is 2. The normalized spacial score (nSPS) is 16.9. The highest BCUT2D eigenvalue weighted by Crippen LogP contribution is 2.35. The van der Waals surface area contributed by atoms with E-state index in [1.54, 1.807) is 26.4 Å². The molecule has 128 valence electrons. The Morgan fingerprint density at radius 3 is 2.78 bits per heavy atom. The van der Waals surface area contributed by atoms with Crippen molar-refractivity contribution in [1.29, 1.82) is 0 Å². The number of methoxy groups -OCH3 is 2. The number of benzene rings is 1. The number of nitrogens with one attached hydrogen (secondary N) is 2. The SMILES string of the molecule is COc1cc(NCCC(=O)NCC2CCCO2)c(OC)cc1Cl. The molecule has 1 fully saturated rings. The van der Waals surface area contributed by atoms with E-state index >= 15 is 0 Å². The van der Waals surface area contributed by atoms with Crippen LogP contribution >= 0.6 is 11.6 Å². The number of carbonyl (C=O) groups is 1. The lowest BCUT2D eigenvalue weighted by Gasteiger charge is -2.14. The van der Waals surface area contributed by atoms with Gasteiger partial charge in [0.1, 0.15) is 11.5 Å². The van der Waals surface area contributed by atoms with Crippen LogP contribution in [0, 0.1) is 0 Å². The first-order valence-corrected chi connectivity index (χ1v) is 8.05. The summed E-state index contributed by atoms with van der Waals surface area (Å²) >= 11 is 6.06. The van der Waals surface area contributed by atoms with Gasteiger partial charge in [-0.3, -0.25) is 4.79 Å². The molecule has 0 aliphatic carbocycles. The smallest absolute Gasteiger partial charge is 0.221 e. The first kappa shape index (κ1) is 17.7. The van der Waals surface area contributed by atoms with Crippen molar-refractivity contribution in [3.05, 3.63) is 17.2 Å². The summed E-state index contributed by atoms with van der Waals surface area (Å²) in [5.74, 6) is 1.15. The average Bonchev–Trinajstić information content (AvgIpc) is 3.07. The first-order valence-electron chi connectivity index (χ1n) is 7.67. The third-order valence-corrected chi connectivity index (χ3v) is 3.99. The van der Waals surface area contributed by atoms with Crippen LogP contribution in [0.4, 0.5) is 5.69 Å². The van der Waals surface area contributed by atoms with Crippen LogP contribution in [0.25, 0.3) is 0 Å². The number of anilines is 1. The number of ether oxygens (including phenoxy) is 3. The lowest BCUT2D eigenvalue weighted by molar-refractivity contribution is -0.121. The lowest BCUT2D eigenvalue weighted by Crippen LogP contribution is -2.32. The molecule has 1 amide bonds. The highest BCUT2D eigenvalue weighted by molar-refractivity contribution is 6.32. The molecule has 1 aliphatic rings. The predicted molar refractivity (Wildman–Crippen MR) is 89.6 cm³/mol. The number of halogens is 1. The minimum Gasteiger partial charge on any atom is -0.495 e. The maximum atomic E-state index is 11.8. The van der Waals surface area contributed by atoms with Crippen molar-refractivity contribution in [1.82, 2.24) is 5.32 Å². The van der Waals surface area contributed by atoms with E-state index in [2.05, 4.69) is 10.6 Å². The van der Waals surface area contributed by atoms with Crippen molar-refractivity contribution in [2.45, 2.75) is 25.4 Å². The maximum absolute atomic E-state index is 11.8. The summed E-state index contributed by atoms with van der Waals surface area (Å²) in [7, 11) is 3.12. The fourth-order valence-electron chi connectivity index (χ4n) is 2.43. The minimum absolute atomic E-state index is 0.00658. The fourth-order valence-corrected chi connectivity index (χ4v) is 2.66. The van der Waals surface area contributed by atoms with Crippen molar-refractivity contribution in [2.24, 2.45) is 0 Å². The largest absolute Gasteiger partial charge is 0.495 e. The fraction of sp³-hybridized carbons (Fsp3) is 0.562. The van der Waals surface area contributed by atoms with Crippen molar-refractivity contribution in [3.63, 3.8) is 0 Å². The van der Waals surface area contributed by atoms with Gasteiger partial charge in [-0.25, -0.2) is 0 Å². The second-order valence-corrected chi connectivity index (χ2v) is 5.71. The molecule has 1 aromatic carbocycles. The molecule has 7 heteroatoms. The van der Waals surface area contributed by atoms with Gasteiger partial charge in [0.2, 0.25) is 5.91 Å². The summed E-state index contributed by atoms with van der Waals surface area (Å²) in [5.41, 5.74) is 0.737. The zero-order valence-electron chi connectivity index (χ0n) is 13.5. The molecule has 2 rings (SSSR count). The zero-order valence-corrected chi connectivity index (χ0v) is 14.2. The van der Waals surface area contributed by atoms with Crippen LogP contribution in [0.2, 0.25) is 5.02 Å². The molecule has 0 saturated carbocycles. The molecule has 0 aromatic heterocycles. The van der Waals surface area contributed by atoms with Gasteiger partial charge >= 0.3 is 0 Å². The molecular formula is C16H23ClN2O4. The standard InChI is InChI=1S/C16H23ClN2O4/c1-21-14-9-13(15(22-2)8-12(14)17)18-6-5-16(20)19-10-11-4-3-7-23-11/h8-9,11,18H,3-7,10H2,1-2H3,(H,19,20). The van der Waals surface area contributed by atoms with Gasteiger partial charge in [-0.05, 0) is 12.8 Å². The summed E-state index contributed by atoms with van der Waals surface area (Å²) in [5, 5.41) is 6.54. The summed E-state index contributed by atoms with van der Waals surface area (Å²) < 4.78 is 15.9. The molecule has 0 bridgehead atoms. The predicted octanol–water partition coefficient (Wildman–Crippen LogP) is 2.45. The van der Waals surface area contributed by atoms with Gasteiger partial charge in [0.25, 0.3) is 0 Å². The molecule has 1 aromatic rings. The highest BCUT2D eigenvalue weighted by Gasteiger charge is 2.16. The molecule has 2 N–H and O–H groups in total. The molecule has 1 saturated heterocycles.